The summed E-state index contributed by atoms with van der Waals surface area (Å²) in [6.45, 7) is 0.370. The predicted octanol–water partition coefficient (Wildman–Crippen LogP) is 2.76. The van der Waals surface area contributed by atoms with Crippen LogP contribution in [0.5, 0.6) is 0 Å². The quantitative estimate of drug-likeness (QED) is 0.790. The number of anilines is 1. The lowest BCUT2D eigenvalue weighted by Crippen LogP contribution is -2.40. The largest absolute Gasteiger partial charge is 0.384 e. The maximum absolute atomic E-state index is 11.8. The molecule has 2 aromatic rings. The minimum absolute atomic E-state index is 0.325. The number of hydrogen-bond acceptors (Lipinski definition) is 5. The molecule has 1 fully saturated rings. The zero-order chi connectivity index (χ0) is 17.6. The number of amides is 2. The lowest BCUT2D eigenvalue weighted by Gasteiger charge is -2.28. The first kappa shape index (κ1) is 15.5. The van der Waals surface area contributed by atoms with Crippen LogP contribution >= 0.6 is 11.3 Å². The molecule has 1 aliphatic carbocycles. The molecule has 2 aliphatic rings. The number of urea groups is 1. The van der Waals surface area contributed by atoms with E-state index >= 15 is 0 Å². The van der Waals surface area contributed by atoms with Crippen molar-refractivity contribution in [1.82, 2.24) is 4.90 Å². The van der Waals surface area contributed by atoms with E-state index in [1.165, 1.54) is 17.7 Å². The van der Waals surface area contributed by atoms with E-state index in [-0.39, 0.29) is 0 Å². The minimum Gasteiger partial charge on any atom is -0.384 e. The van der Waals surface area contributed by atoms with Crippen molar-refractivity contribution in [2.24, 2.45) is 11.5 Å². The van der Waals surface area contributed by atoms with E-state index in [4.69, 9.17) is 11.5 Å². The highest BCUT2D eigenvalue weighted by atomic mass is 32.1. The second-order valence-corrected chi connectivity index (χ2v) is 7.38. The zero-order valence-corrected chi connectivity index (χ0v) is 14.3. The van der Waals surface area contributed by atoms with Crippen LogP contribution in [0.25, 0.3) is 5.57 Å². The van der Waals surface area contributed by atoms with Crippen molar-refractivity contribution in [3.05, 3.63) is 57.7 Å². The number of primary amides is 1. The summed E-state index contributed by atoms with van der Waals surface area (Å²) in [4.78, 5) is 14.3. The summed E-state index contributed by atoms with van der Waals surface area (Å²) in [5.41, 5.74) is 14.9. The molecule has 0 saturated heterocycles. The van der Waals surface area contributed by atoms with Crippen LogP contribution in [0.4, 0.5) is 9.80 Å². The second-order valence-electron chi connectivity index (χ2n) is 6.24. The van der Waals surface area contributed by atoms with Gasteiger partial charge in [0.2, 0.25) is 0 Å². The fraction of sp³-hybridized carbons (Fsp3) is 0.222. The second kappa shape index (κ2) is 5.83. The number of nitrogens with one attached hydrogen (secondary N) is 1. The molecule has 0 bridgehead atoms. The molecule has 25 heavy (non-hydrogen) atoms. The van der Waals surface area contributed by atoms with E-state index in [1.54, 1.807) is 23.5 Å². The van der Waals surface area contributed by atoms with Gasteiger partial charge in [-0.05, 0) is 36.6 Å². The van der Waals surface area contributed by atoms with Crippen LogP contribution in [0.3, 0.4) is 0 Å². The monoisotopic (exact) mass is 351 g/mol. The Morgan fingerprint density at radius 2 is 2.16 bits per heavy atom. The number of thiophene rings is 1. The fourth-order valence-corrected chi connectivity index (χ4v) is 4.14. The van der Waals surface area contributed by atoms with Gasteiger partial charge in [-0.25, -0.2) is 4.79 Å². The van der Waals surface area contributed by atoms with E-state index < -0.39 is 6.03 Å². The molecule has 2 heterocycles. The highest BCUT2D eigenvalue weighted by Crippen LogP contribution is 2.42. The molecule has 1 aromatic carbocycles. The number of fused-ring (bicyclic) bond motifs is 1. The SMILES string of the molecule is N#Cc1cccc(C2=C(N)N(C(N)=O)Cc3sc(NC4CC4)cc32)c1. The Morgan fingerprint density at radius 1 is 1.36 bits per heavy atom. The van der Waals surface area contributed by atoms with Gasteiger partial charge in [0.25, 0.3) is 0 Å². The third-order valence-corrected chi connectivity index (χ3v) is 5.45. The van der Waals surface area contributed by atoms with Crippen LogP contribution in [0.2, 0.25) is 0 Å². The third kappa shape index (κ3) is 2.81. The topological polar surface area (TPSA) is 108 Å². The molecule has 0 radical (unpaired) electrons. The first-order valence-electron chi connectivity index (χ1n) is 8.03. The van der Waals surface area contributed by atoms with Crippen molar-refractivity contribution < 1.29 is 4.79 Å². The van der Waals surface area contributed by atoms with Gasteiger partial charge < -0.3 is 16.8 Å². The molecule has 7 heteroatoms. The number of carbonyl (C=O) groups excluding carboxylic acids is 1. The van der Waals surface area contributed by atoms with Gasteiger partial charge in [0.05, 0.1) is 23.2 Å². The molecule has 0 atom stereocenters. The van der Waals surface area contributed by atoms with E-state index in [2.05, 4.69) is 17.5 Å². The van der Waals surface area contributed by atoms with Gasteiger partial charge in [-0.3, -0.25) is 4.90 Å². The molecule has 0 unspecified atom stereocenters. The maximum atomic E-state index is 11.8. The van der Waals surface area contributed by atoms with Gasteiger partial charge in [0.1, 0.15) is 5.82 Å². The van der Waals surface area contributed by atoms with Crippen molar-refractivity contribution in [2.75, 3.05) is 5.32 Å². The van der Waals surface area contributed by atoms with Crippen molar-refractivity contribution in [3.63, 3.8) is 0 Å². The van der Waals surface area contributed by atoms with E-state index in [1.807, 2.05) is 12.1 Å². The summed E-state index contributed by atoms with van der Waals surface area (Å²) in [5, 5.41) is 13.7. The molecule has 5 N–H and O–H groups in total. The fourth-order valence-electron chi connectivity index (χ4n) is 3.00. The van der Waals surface area contributed by atoms with Crippen molar-refractivity contribution in [3.8, 4) is 6.07 Å². The Bertz CT molecular complexity index is 935. The summed E-state index contributed by atoms with van der Waals surface area (Å²) in [6.07, 6.45) is 2.37. The molecule has 126 valence electrons. The third-order valence-electron chi connectivity index (χ3n) is 4.40. The molecular weight excluding hydrogens is 334 g/mol. The summed E-state index contributed by atoms with van der Waals surface area (Å²) in [6, 6.07) is 11.4. The number of nitriles is 1. The van der Waals surface area contributed by atoms with Gasteiger partial charge in [-0.2, -0.15) is 5.26 Å². The Labute approximate surface area is 149 Å². The minimum atomic E-state index is -0.581. The highest BCUT2D eigenvalue weighted by molar-refractivity contribution is 7.16. The van der Waals surface area contributed by atoms with Crippen LogP contribution in [0, 0.1) is 11.3 Å². The molecule has 1 saturated carbocycles. The summed E-state index contributed by atoms with van der Waals surface area (Å²) in [7, 11) is 0. The summed E-state index contributed by atoms with van der Waals surface area (Å²) >= 11 is 1.62. The lowest BCUT2D eigenvalue weighted by molar-refractivity contribution is 0.218. The van der Waals surface area contributed by atoms with E-state index in [0.717, 1.165) is 26.6 Å². The number of carbonyl (C=O) groups is 1. The van der Waals surface area contributed by atoms with Crippen LogP contribution in [-0.2, 0) is 6.54 Å². The van der Waals surface area contributed by atoms with Gasteiger partial charge in [-0.1, -0.05) is 12.1 Å². The number of nitrogens with two attached hydrogens (primary N) is 2. The van der Waals surface area contributed by atoms with Crippen molar-refractivity contribution >= 4 is 27.9 Å². The van der Waals surface area contributed by atoms with Crippen LogP contribution in [-0.4, -0.2) is 17.0 Å². The first-order chi connectivity index (χ1) is 12.1. The molecule has 1 aromatic heterocycles. The van der Waals surface area contributed by atoms with Crippen LogP contribution < -0.4 is 16.8 Å². The maximum Gasteiger partial charge on any atom is 0.320 e. The highest BCUT2D eigenvalue weighted by Gasteiger charge is 2.30. The van der Waals surface area contributed by atoms with Gasteiger partial charge in [-0.15, -0.1) is 11.3 Å². The first-order valence-corrected chi connectivity index (χ1v) is 8.85. The van der Waals surface area contributed by atoms with E-state index in [9.17, 15) is 10.1 Å². The average molecular weight is 351 g/mol. The molecule has 1 aliphatic heterocycles. The average Bonchev–Trinajstić information content (AvgIpc) is 3.31. The Morgan fingerprint density at radius 3 is 2.84 bits per heavy atom. The van der Waals surface area contributed by atoms with Crippen molar-refractivity contribution in [2.45, 2.75) is 25.4 Å². The normalized spacial score (nSPS) is 16.4. The molecule has 2 amide bonds. The number of rotatable bonds is 3. The Balaban J connectivity index is 1.85. The molecular formula is C18H17N5OS. The van der Waals surface area contributed by atoms with Gasteiger partial charge >= 0.3 is 6.03 Å². The standard InChI is InChI=1S/C18H17N5OS/c19-8-10-2-1-3-11(6-10)16-13-7-15(22-12-4-5-12)25-14(13)9-23(17(16)20)18(21)24/h1-3,6-7,12,22H,4-5,9,20H2,(H2,21,24). The van der Waals surface area contributed by atoms with E-state index in [0.29, 0.717) is 24.0 Å². The predicted molar refractivity (Wildman–Crippen MR) is 97.5 cm³/mol. The zero-order valence-electron chi connectivity index (χ0n) is 13.5. The van der Waals surface area contributed by atoms with Crippen LogP contribution in [0.1, 0.15) is 34.4 Å². The molecule has 4 rings (SSSR count). The summed E-state index contributed by atoms with van der Waals surface area (Å²) in [5.74, 6) is 0.325. The number of benzene rings is 1. The van der Waals surface area contributed by atoms with Gasteiger partial charge in [0.15, 0.2) is 0 Å². The van der Waals surface area contributed by atoms with Gasteiger partial charge in [0, 0.05) is 22.1 Å². The number of nitrogens with zero attached hydrogens (tertiary/aromatic N) is 2. The summed E-state index contributed by atoms with van der Waals surface area (Å²) < 4.78 is 0. The lowest BCUT2D eigenvalue weighted by atomic mass is 9.94. The number of hydrogen-bond donors (Lipinski definition) is 3. The molecule has 6 nitrogen and oxygen atoms in total. The van der Waals surface area contributed by atoms with Crippen LogP contribution in [0.15, 0.2) is 36.2 Å². The Hall–Kier alpha value is -2.98. The Kier molecular flexibility index (Phi) is 3.62. The smallest absolute Gasteiger partial charge is 0.320 e. The molecule has 0 spiro atoms. The van der Waals surface area contributed by atoms with Crippen molar-refractivity contribution in [1.29, 1.82) is 5.26 Å².